The van der Waals surface area contributed by atoms with E-state index < -0.39 is 0 Å². The van der Waals surface area contributed by atoms with E-state index in [9.17, 15) is 0 Å². The Bertz CT molecular complexity index is 277. The zero-order valence-corrected chi connectivity index (χ0v) is 10.2. The molecule has 2 saturated carbocycles. The van der Waals surface area contributed by atoms with Crippen molar-refractivity contribution in [2.45, 2.75) is 38.6 Å². The van der Waals surface area contributed by atoms with Gasteiger partial charge in [0.25, 0.3) is 0 Å². The minimum atomic E-state index is 0.643. The summed E-state index contributed by atoms with van der Waals surface area (Å²) in [4.78, 5) is 4.48. The second-order valence-electron chi connectivity index (χ2n) is 5.31. The molecule has 1 heterocycles. The van der Waals surface area contributed by atoms with E-state index in [0.29, 0.717) is 6.04 Å². The SMILES string of the molecule is CC(NC1=NCCS1)C1CC2CCC1C2. The molecule has 2 bridgehead atoms. The Balaban J connectivity index is 1.58. The van der Waals surface area contributed by atoms with Crippen molar-refractivity contribution in [1.29, 1.82) is 0 Å². The van der Waals surface area contributed by atoms with Crippen molar-refractivity contribution in [1.82, 2.24) is 5.32 Å². The van der Waals surface area contributed by atoms with Gasteiger partial charge in [-0.25, -0.2) is 0 Å². The molecule has 3 aliphatic rings. The normalized spacial score (nSPS) is 40.6. The molecule has 2 nitrogen and oxygen atoms in total. The minimum Gasteiger partial charge on any atom is -0.362 e. The highest BCUT2D eigenvalue weighted by Crippen LogP contribution is 2.49. The molecule has 4 atom stereocenters. The van der Waals surface area contributed by atoms with Gasteiger partial charge in [0.15, 0.2) is 5.17 Å². The first-order valence-corrected chi connectivity index (χ1v) is 7.25. The molecule has 1 N–H and O–H groups in total. The maximum atomic E-state index is 4.48. The number of hydrogen-bond donors (Lipinski definition) is 1. The molecular weight excluding hydrogens is 204 g/mol. The maximum Gasteiger partial charge on any atom is 0.156 e. The molecule has 3 rings (SSSR count). The molecule has 0 amide bonds. The van der Waals surface area contributed by atoms with Crippen LogP contribution in [-0.2, 0) is 0 Å². The number of fused-ring (bicyclic) bond motifs is 2. The number of aliphatic imine (C=N–C) groups is 1. The van der Waals surface area contributed by atoms with Crippen LogP contribution in [0.25, 0.3) is 0 Å². The fourth-order valence-electron chi connectivity index (χ4n) is 3.63. The Morgan fingerprint density at radius 1 is 1.40 bits per heavy atom. The third kappa shape index (κ3) is 1.91. The largest absolute Gasteiger partial charge is 0.362 e. The quantitative estimate of drug-likeness (QED) is 0.779. The van der Waals surface area contributed by atoms with Crippen LogP contribution in [0, 0.1) is 17.8 Å². The van der Waals surface area contributed by atoms with Crippen molar-refractivity contribution < 1.29 is 0 Å². The number of rotatable bonds is 2. The summed E-state index contributed by atoms with van der Waals surface area (Å²) >= 11 is 1.89. The molecular formula is C12H20N2S. The van der Waals surface area contributed by atoms with E-state index >= 15 is 0 Å². The average Bonchev–Trinajstić information content (AvgIpc) is 2.93. The van der Waals surface area contributed by atoms with Crippen LogP contribution in [0.4, 0.5) is 0 Å². The van der Waals surface area contributed by atoms with Gasteiger partial charge in [0.05, 0.1) is 6.54 Å². The van der Waals surface area contributed by atoms with Crippen LogP contribution < -0.4 is 5.32 Å². The van der Waals surface area contributed by atoms with Crippen LogP contribution in [0.5, 0.6) is 0 Å². The smallest absolute Gasteiger partial charge is 0.156 e. The van der Waals surface area contributed by atoms with E-state index in [1.165, 1.54) is 36.6 Å². The van der Waals surface area contributed by atoms with Gasteiger partial charge in [0.1, 0.15) is 0 Å². The first-order chi connectivity index (χ1) is 7.33. The van der Waals surface area contributed by atoms with Gasteiger partial charge in [-0.3, -0.25) is 4.99 Å². The summed E-state index contributed by atoms with van der Waals surface area (Å²) < 4.78 is 0. The average molecular weight is 224 g/mol. The van der Waals surface area contributed by atoms with E-state index in [4.69, 9.17) is 0 Å². The van der Waals surface area contributed by atoms with Crippen LogP contribution in [0.1, 0.15) is 32.6 Å². The maximum absolute atomic E-state index is 4.48. The number of hydrogen-bond acceptors (Lipinski definition) is 3. The van der Waals surface area contributed by atoms with Crippen LogP contribution in [0.2, 0.25) is 0 Å². The standard InChI is InChI=1S/C12H20N2S/c1-8(14-12-13-4-5-15-12)11-7-9-2-3-10(11)6-9/h8-11H,2-7H2,1H3,(H,13,14). The highest BCUT2D eigenvalue weighted by atomic mass is 32.2. The Morgan fingerprint density at radius 3 is 2.93 bits per heavy atom. The molecule has 3 heteroatoms. The van der Waals surface area contributed by atoms with Gasteiger partial charge in [-0.1, -0.05) is 18.2 Å². The lowest BCUT2D eigenvalue weighted by atomic mass is 9.84. The van der Waals surface area contributed by atoms with E-state index in [2.05, 4.69) is 17.2 Å². The lowest BCUT2D eigenvalue weighted by molar-refractivity contribution is 0.279. The molecule has 0 saturated heterocycles. The molecule has 0 spiro atoms. The number of thioether (sulfide) groups is 1. The fraction of sp³-hybridized carbons (Fsp3) is 0.917. The number of nitrogens with one attached hydrogen (secondary N) is 1. The summed E-state index contributed by atoms with van der Waals surface area (Å²) in [6.45, 7) is 3.36. The Morgan fingerprint density at radius 2 is 2.33 bits per heavy atom. The summed E-state index contributed by atoms with van der Waals surface area (Å²) in [7, 11) is 0. The van der Waals surface area contributed by atoms with Crippen molar-refractivity contribution in [2.24, 2.45) is 22.7 Å². The summed E-state index contributed by atoms with van der Waals surface area (Å²) in [6.07, 6.45) is 5.97. The second-order valence-corrected chi connectivity index (χ2v) is 6.39. The first kappa shape index (κ1) is 10.0. The zero-order valence-electron chi connectivity index (χ0n) is 9.41. The van der Waals surface area contributed by atoms with E-state index in [1.54, 1.807) is 0 Å². The van der Waals surface area contributed by atoms with E-state index in [0.717, 1.165) is 24.3 Å². The van der Waals surface area contributed by atoms with Crippen LogP contribution in [0.3, 0.4) is 0 Å². The van der Waals surface area contributed by atoms with Gasteiger partial charge in [0, 0.05) is 11.8 Å². The van der Waals surface area contributed by atoms with Gasteiger partial charge in [-0.2, -0.15) is 0 Å². The highest BCUT2D eigenvalue weighted by molar-refractivity contribution is 8.14. The van der Waals surface area contributed by atoms with Crippen molar-refractivity contribution in [3.05, 3.63) is 0 Å². The summed E-state index contributed by atoms with van der Waals surface area (Å²) in [6, 6.07) is 0.643. The van der Waals surface area contributed by atoms with Crippen molar-refractivity contribution in [3.63, 3.8) is 0 Å². The molecule has 2 aliphatic carbocycles. The topological polar surface area (TPSA) is 24.4 Å². The van der Waals surface area contributed by atoms with Gasteiger partial charge in [0.2, 0.25) is 0 Å². The second kappa shape index (κ2) is 4.00. The summed E-state index contributed by atoms with van der Waals surface area (Å²) in [5.41, 5.74) is 0. The predicted molar refractivity (Wildman–Crippen MR) is 66.3 cm³/mol. The summed E-state index contributed by atoms with van der Waals surface area (Å²) in [5, 5.41) is 4.82. The Labute approximate surface area is 96.3 Å². The van der Waals surface area contributed by atoms with Crippen molar-refractivity contribution in [2.75, 3.05) is 12.3 Å². The molecule has 0 aromatic carbocycles. The van der Waals surface area contributed by atoms with E-state index in [1.807, 2.05) is 11.8 Å². The molecule has 1 aliphatic heterocycles. The van der Waals surface area contributed by atoms with Crippen LogP contribution in [-0.4, -0.2) is 23.5 Å². The number of amidine groups is 1. The van der Waals surface area contributed by atoms with Gasteiger partial charge in [-0.15, -0.1) is 0 Å². The monoisotopic (exact) mass is 224 g/mol. The van der Waals surface area contributed by atoms with Crippen molar-refractivity contribution in [3.8, 4) is 0 Å². The highest BCUT2D eigenvalue weighted by Gasteiger charge is 2.41. The molecule has 4 unspecified atom stereocenters. The lowest BCUT2D eigenvalue weighted by Crippen LogP contribution is -2.38. The van der Waals surface area contributed by atoms with Crippen LogP contribution in [0.15, 0.2) is 4.99 Å². The Kier molecular flexibility index (Phi) is 2.67. The molecule has 2 fully saturated rings. The Hall–Kier alpha value is -0.180. The molecule has 0 aromatic rings. The molecule has 0 radical (unpaired) electrons. The zero-order chi connectivity index (χ0) is 10.3. The minimum absolute atomic E-state index is 0.643. The predicted octanol–water partition coefficient (Wildman–Crippen LogP) is 2.50. The van der Waals surface area contributed by atoms with Gasteiger partial charge in [-0.05, 0) is 43.9 Å². The van der Waals surface area contributed by atoms with Gasteiger partial charge >= 0.3 is 0 Å². The first-order valence-electron chi connectivity index (χ1n) is 6.26. The third-order valence-electron chi connectivity index (χ3n) is 4.37. The van der Waals surface area contributed by atoms with E-state index in [-0.39, 0.29) is 0 Å². The van der Waals surface area contributed by atoms with Crippen molar-refractivity contribution >= 4 is 16.9 Å². The van der Waals surface area contributed by atoms with Crippen LogP contribution >= 0.6 is 11.8 Å². The fourth-order valence-corrected chi connectivity index (χ4v) is 4.46. The third-order valence-corrected chi connectivity index (χ3v) is 5.28. The molecule has 15 heavy (non-hydrogen) atoms. The molecule has 84 valence electrons. The number of nitrogens with zero attached hydrogens (tertiary/aromatic N) is 1. The lowest BCUT2D eigenvalue weighted by Gasteiger charge is -2.28. The summed E-state index contributed by atoms with van der Waals surface area (Å²) in [5.74, 6) is 4.17. The molecule has 0 aromatic heterocycles. The van der Waals surface area contributed by atoms with Gasteiger partial charge < -0.3 is 5.32 Å².